The van der Waals surface area contributed by atoms with Gasteiger partial charge in [0.2, 0.25) is 0 Å². The zero-order valence-corrected chi connectivity index (χ0v) is 104. The number of hydrogen-bond acceptors (Lipinski definition) is 12. The molecular weight excluding hydrogens is 2560 g/mol. The minimum Gasteiger partial charge on any atom is -0.512 e. The number of aryl methyl sites for hydroxylation is 8. The Hall–Kier alpha value is -9.16. The van der Waals surface area contributed by atoms with Gasteiger partial charge in [0.15, 0.2) is 23.1 Å². The van der Waals surface area contributed by atoms with Crippen molar-refractivity contribution in [1.29, 1.82) is 0 Å². The van der Waals surface area contributed by atoms with Crippen LogP contribution in [0.2, 0.25) is 0 Å². The number of carbonyl (C=O) groups excluding carboxylic acids is 4. The molecule has 8 aromatic carbocycles. The molecule has 150 heavy (non-hydrogen) atoms. The summed E-state index contributed by atoms with van der Waals surface area (Å²) in [6, 6.07) is 73.9. The number of fused-ring (bicyclic) bond motifs is 4. The van der Waals surface area contributed by atoms with Crippen LogP contribution in [0.5, 0.6) is 0 Å². The van der Waals surface area contributed by atoms with E-state index in [1.807, 2.05) is 27.7 Å². The number of aliphatic hydroxyl groups is 4. The van der Waals surface area contributed by atoms with Gasteiger partial charge in [0.1, 0.15) is 0 Å². The third kappa shape index (κ3) is 44.0. The van der Waals surface area contributed by atoms with Gasteiger partial charge in [-0.3, -0.25) is 39.1 Å². The molecule has 16 heteroatoms. The summed E-state index contributed by atoms with van der Waals surface area (Å²) in [5.41, 5.74) is 28.8. The molecule has 4 saturated carbocycles. The van der Waals surface area contributed by atoms with Crippen molar-refractivity contribution < 1.29 is 120 Å². The predicted molar refractivity (Wildman–Crippen MR) is 614 cm³/mol. The van der Waals surface area contributed by atoms with Crippen LogP contribution in [0.15, 0.2) is 217 Å². The molecule has 0 saturated heterocycles. The van der Waals surface area contributed by atoms with Crippen LogP contribution in [0.3, 0.4) is 0 Å². The Balaban J connectivity index is 0.000000305. The van der Waals surface area contributed by atoms with Gasteiger partial charge >= 0.3 is 0 Å². The Labute approximate surface area is 955 Å². The van der Waals surface area contributed by atoms with E-state index in [2.05, 4.69) is 333 Å². The molecule has 12 nitrogen and oxygen atoms in total. The fourth-order valence-electron chi connectivity index (χ4n) is 20.6. The summed E-state index contributed by atoms with van der Waals surface area (Å²) in [6.07, 6.45) is 33.6. The Morgan fingerprint density at radius 3 is 0.747 bits per heavy atom. The number of ketones is 4. The number of pyridine rings is 4. The van der Waals surface area contributed by atoms with E-state index in [9.17, 15) is 34.5 Å². The molecule has 4 aliphatic rings. The van der Waals surface area contributed by atoms with Gasteiger partial charge in [-0.1, -0.05) is 327 Å². The van der Waals surface area contributed by atoms with Gasteiger partial charge in [-0.25, -0.2) is 0 Å². The van der Waals surface area contributed by atoms with Gasteiger partial charge in [0.05, 0.1) is 45.1 Å². The molecule has 12 aromatic rings. The van der Waals surface area contributed by atoms with E-state index in [0.717, 1.165) is 192 Å². The molecule has 816 valence electrons. The molecule has 4 fully saturated rings. The topological polar surface area (TPSA) is 201 Å². The number of carbonyl (C=O) groups is 4. The molecule has 4 aliphatic carbocycles. The Morgan fingerprint density at radius 1 is 0.313 bits per heavy atom. The number of nitrogens with zero attached hydrogens (tertiary/aromatic N) is 4. The van der Waals surface area contributed by atoms with Crippen molar-refractivity contribution in [2.24, 2.45) is 57.2 Å². The summed E-state index contributed by atoms with van der Waals surface area (Å²) >= 11 is 0. The second kappa shape index (κ2) is 63.0. The molecule has 4 N–H and O–H groups in total. The summed E-state index contributed by atoms with van der Waals surface area (Å²) in [4.78, 5) is 65.1. The minimum atomic E-state index is -0.125. The number of benzene rings is 8. The van der Waals surface area contributed by atoms with Crippen molar-refractivity contribution in [3.63, 3.8) is 0 Å². The summed E-state index contributed by atoms with van der Waals surface area (Å²) in [7, 11) is 0. The second-order valence-electron chi connectivity index (χ2n) is 46.7. The summed E-state index contributed by atoms with van der Waals surface area (Å²) in [5.74, 6) is 2.46. The van der Waals surface area contributed by atoms with Crippen molar-refractivity contribution >= 4 is 66.7 Å². The van der Waals surface area contributed by atoms with E-state index in [0.29, 0.717) is 11.5 Å². The first-order valence-corrected chi connectivity index (χ1v) is 54.3. The molecule has 0 bridgehead atoms. The van der Waals surface area contributed by atoms with Gasteiger partial charge in [0, 0.05) is 162 Å². The van der Waals surface area contributed by atoms with E-state index in [4.69, 9.17) is 25.0 Å². The molecule has 4 heterocycles. The van der Waals surface area contributed by atoms with Crippen molar-refractivity contribution in [2.75, 3.05) is 0 Å². The maximum absolute atomic E-state index is 12.0. The standard InChI is InChI=1S/4C22H24N.C15H24O2.C13H20O2.C13H24O2.C5H8O2.4Ir/c4*1-15-10-16(2)12-17(11-15)21-13-18(14-22(3,4)5)19-8-6-7-9-20(19)23-21;16-14(12-7-3-1-4-8-12)11-15(17)13-9-5-2-6-10-13;14-12(10-5-1-2-6-10)9-13(15)11-7-3-4-8-11;1-5-10(6-2)12(14)9-13(15)11(7-3)8-4;1-4(6)3-5(2)7;;;;/h4*6-11,13H,14H2,1-5H3;11-13,16H,1-10H2;9-11,14H,1-8H2;9-11,14H,5-8H2,1-4H3;3,6H,1-2H3;;;;/q4*-1;;;;;;;;. The van der Waals surface area contributed by atoms with Crippen LogP contribution < -0.4 is 0 Å². The quantitative estimate of drug-likeness (QED) is 0.0285. The van der Waals surface area contributed by atoms with Crippen molar-refractivity contribution in [3.8, 4) is 45.0 Å². The first kappa shape index (κ1) is 131. The van der Waals surface area contributed by atoms with Crippen LogP contribution in [-0.4, -0.2) is 63.5 Å². The summed E-state index contributed by atoms with van der Waals surface area (Å²) in [6.45, 7) is 55.2. The van der Waals surface area contributed by atoms with Crippen LogP contribution in [0, 0.1) is 137 Å². The van der Waals surface area contributed by atoms with E-state index < -0.39 is 0 Å². The molecule has 0 amide bonds. The smallest absolute Gasteiger partial charge is 0.162 e. The second-order valence-corrected chi connectivity index (χ2v) is 46.7. The van der Waals surface area contributed by atoms with E-state index in [1.54, 1.807) is 6.08 Å². The van der Waals surface area contributed by atoms with Crippen molar-refractivity contribution in [1.82, 2.24) is 19.9 Å². The van der Waals surface area contributed by atoms with Crippen LogP contribution in [-0.2, 0) is 125 Å². The molecule has 0 atom stereocenters. The molecule has 0 aliphatic heterocycles. The average molecular weight is 2740 g/mol. The van der Waals surface area contributed by atoms with Crippen molar-refractivity contribution in [3.05, 3.63) is 308 Å². The Morgan fingerprint density at radius 2 is 0.540 bits per heavy atom. The normalized spacial score (nSPS) is 14.4. The van der Waals surface area contributed by atoms with Crippen LogP contribution in [0.25, 0.3) is 88.6 Å². The largest absolute Gasteiger partial charge is 0.512 e. The zero-order chi connectivity index (χ0) is 107. The van der Waals surface area contributed by atoms with Gasteiger partial charge < -0.3 is 20.4 Å². The van der Waals surface area contributed by atoms with Gasteiger partial charge in [-0.05, 0) is 208 Å². The molecule has 0 spiro atoms. The molecule has 4 aromatic heterocycles. The van der Waals surface area contributed by atoms with E-state index in [1.165, 1.54) is 162 Å². The summed E-state index contributed by atoms with van der Waals surface area (Å²) in [5, 5.41) is 43.0. The molecular formula is C134H172Ir4N4O8-4. The first-order chi connectivity index (χ1) is 69.0. The Bertz CT molecular complexity index is 5780. The monoisotopic (exact) mass is 2740 g/mol. The van der Waals surface area contributed by atoms with Gasteiger partial charge in [-0.15, -0.1) is 140 Å². The van der Waals surface area contributed by atoms with E-state index >= 15 is 0 Å². The maximum atomic E-state index is 12.0. The number of hydrogen-bond donors (Lipinski definition) is 4. The van der Waals surface area contributed by atoms with Gasteiger partial charge in [0.25, 0.3) is 0 Å². The van der Waals surface area contributed by atoms with Crippen molar-refractivity contribution in [2.45, 2.75) is 347 Å². The third-order valence-corrected chi connectivity index (χ3v) is 27.4. The molecule has 0 unspecified atom stereocenters. The zero-order valence-electron chi connectivity index (χ0n) is 94.9. The number of para-hydroxylation sites is 4. The number of aliphatic hydroxyl groups excluding tert-OH is 4. The predicted octanol–water partition coefficient (Wildman–Crippen LogP) is 36.1. The van der Waals surface area contributed by atoms with E-state index in [-0.39, 0.29) is 172 Å². The van der Waals surface area contributed by atoms with Gasteiger partial charge in [-0.2, -0.15) is 0 Å². The minimum absolute atomic E-state index is 0. The molecule has 16 rings (SSSR count). The van der Waals surface area contributed by atoms with Crippen LogP contribution in [0.1, 0.15) is 333 Å². The fraction of sp³-hybridized carbons (Fsp3) is 0.463. The number of allylic oxidation sites excluding steroid dienone is 8. The van der Waals surface area contributed by atoms with Crippen LogP contribution >= 0.6 is 0 Å². The maximum Gasteiger partial charge on any atom is 0.162 e. The number of aromatic nitrogens is 4. The average Bonchev–Trinajstić information content (AvgIpc) is 0.854. The first-order valence-electron chi connectivity index (χ1n) is 54.3. The molecule has 4 radical (unpaired) electrons. The summed E-state index contributed by atoms with van der Waals surface area (Å²) < 4.78 is 0. The Kier molecular flexibility index (Phi) is 55.1. The van der Waals surface area contributed by atoms with Crippen LogP contribution in [0.4, 0.5) is 0 Å². The number of rotatable bonds is 22. The fourth-order valence-corrected chi connectivity index (χ4v) is 20.6. The third-order valence-electron chi connectivity index (χ3n) is 27.4. The SMILES string of the molecule is CC(=O)C=C(C)O.CCC(CC)C(=O)C=C(O)C(CC)CC.Cc1[c-]c(-c2cc(CC(C)(C)C)c3ccccc3n2)cc(C)c1.Cc1[c-]c(-c2cc(CC(C)(C)C)c3ccccc3n2)cc(C)c1.Cc1[c-]c(-c2cc(CC(C)(C)C)c3ccccc3n2)cc(C)c1.Cc1[c-]c(-c2cc(CC(C)(C)C)c3ccccc3n2)cc(C)c1.O=C(C=C(O)C1CCCC1)C1CCCC1.O=C(C=C(O)C1CCCCC1)C1CCCCC1.[Ir].[Ir].[Ir].[Ir].